The van der Waals surface area contributed by atoms with Gasteiger partial charge in [0.25, 0.3) is 0 Å². The molecular weight excluding hydrogens is 278 g/mol. The summed E-state index contributed by atoms with van der Waals surface area (Å²) in [6.07, 6.45) is 4.98. The predicted octanol–water partition coefficient (Wildman–Crippen LogP) is 3.47. The zero-order valence-electron chi connectivity index (χ0n) is 9.28. The summed E-state index contributed by atoms with van der Waals surface area (Å²) in [6, 6.07) is 8.11. The van der Waals surface area contributed by atoms with Gasteiger partial charge in [-0.1, -0.05) is 15.9 Å². The smallest absolute Gasteiger partial charge is 0.137 e. The molecule has 0 bridgehead atoms. The topological polar surface area (TPSA) is 37.8 Å². The average molecular weight is 290 g/mol. The Balaban J connectivity index is 1.91. The molecule has 0 saturated carbocycles. The van der Waals surface area contributed by atoms with Crippen molar-refractivity contribution in [3.05, 3.63) is 46.3 Å². The molecule has 0 spiro atoms. The molecule has 0 radical (unpaired) electrons. The molecule has 1 heterocycles. The molecule has 1 aliphatic carbocycles. The normalized spacial score (nSPS) is 13.5. The third-order valence-corrected chi connectivity index (χ3v) is 3.51. The number of aryl methyl sites for hydroxylation is 1. The van der Waals surface area contributed by atoms with E-state index in [0.29, 0.717) is 0 Å². The number of rotatable bonds is 2. The van der Waals surface area contributed by atoms with Crippen molar-refractivity contribution in [3.8, 4) is 0 Å². The third-order valence-electron chi connectivity index (χ3n) is 2.98. The molecule has 0 fully saturated rings. The number of nitrogens with zero attached hydrogens (tertiary/aromatic N) is 2. The zero-order chi connectivity index (χ0) is 11.7. The van der Waals surface area contributed by atoms with Gasteiger partial charge in [0, 0.05) is 21.4 Å². The minimum Gasteiger partial charge on any atom is -0.340 e. The molecule has 86 valence electrons. The van der Waals surface area contributed by atoms with E-state index >= 15 is 0 Å². The second kappa shape index (κ2) is 4.45. The number of hydrogen-bond acceptors (Lipinski definition) is 3. The van der Waals surface area contributed by atoms with Crippen LogP contribution in [0.3, 0.4) is 0 Å². The summed E-state index contributed by atoms with van der Waals surface area (Å²) < 4.78 is 1.08. The monoisotopic (exact) mass is 289 g/mol. The van der Waals surface area contributed by atoms with E-state index in [4.69, 9.17) is 0 Å². The Bertz CT molecular complexity index is 537. The van der Waals surface area contributed by atoms with Crippen molar-refractivity contribution in [2.24, 2.45) is 0 Å². The lowest BCUT2D eigenvalue weighted by atomic mass is 10.2. The number of nitrogens with one attached hydrogen (secondary N) is 1. The fraction of sp³-hybridized carbons (Fsp3) is 0.231. The molecule has 2 aromatic rings. The van der Waals surface area contributed by atoms with Gasteiger partial charge in [0.1, 0.15) is 12.1 Å². The summed E-state index contributed by atoms with van der Waals surface area (Å²) in [7, 11) is 0. The number of hydrogen-bond donors (Lipinski definition) is 1. The molecular formula is C13H12BrN3. The van der Waals surface area contributed by atoms with Gasteiger partial charge in [0.2, 0.25) is 0 Å². The lowest BCUT2D eigenvalue weighted by molar-refractivity contribution is 0.899. The Labute approximate surface area is 108 Å². The lowest BCUT2D eigenvalue weighted by Crippen LogP contribution is -2.00. The van der Waals surface area contributed by atoms with Gasteiger partial charge in [0.15, 0.2) is 0 Å². The summed E-state index contributed by atoms with van der Waals surface area (Å²) in [4.78, 5) is 8.65. The van der Waals surface area contributed by atoms with E-state index in [1.807, 2.05) is 24.3 Å². The van der Waals surface area contributed by atoms with Crippen LogP contribution in [0.2, 0.25) is 0 Å². The summed E-state index contributed by atoms with van der Waals surface area (Å²) in [6.45, 7) is 0. The molecule has 1 aromatic heterocycles. The molecule has 0 atom stereocenters. The fourth-order valence-electron chi connectivity index (χ4n) is 2.14. The third kappa shape index (κ3) is 2.17. The van der Waals surface area contributed by atoms with Crippen LogP contribution in [0, 0.1) is 0 Å². The van der Waals surface area contributed by atoms with Gasteiger partial charge >= 0.3 is 0 Å². The molecule has 0 saturated heterocycles. The largest absolute Gasteiger partial charge is 0.340 e. The zero-order valence-corrected chi connectivity index (χ0v) is 10.9. The molecule has 4 heteroatoms. The second-order valence-electron chi connectivity index (χ2n) is 4.13. The first-order valence-electron chi connectivity index (χ1n) is 5.68. The highest BCUT2D eigenvalue weighted by atomic mass is 79.9. The number of benzene rings is 1. The second-order valence-corrected chi connectivity index (χ2v) is 5.05. The van der Waals surface area contributed by atoms with E-state index in [0.717, 1.165) is 28.8 Å². The molecule has 1 N–H and O–H groups in total. The van der Waals surface area contributed by atoms with Crippen LogP contribution in [0.5, 0.6) is 0 Å². The minimum atomic E-state index is 0.954. The van der Waals surface area contributed by atoms with Gasteiger partial charge in [-0.25, -0.2) is 9.97 Å². The van der Waals surface area contributed by atoms with Gasteiger partial charge in [-0.3, -0.25) is 0 Å². The Morgan fingerprint density at radius 3 is 2.71 bits per heavy atom. The molecule has 1 aromatic carbocycles. The van der Waals surface area contributed by atoms with E-state index in [9.17, 15) is 0 Å². The van der Waals surface area contributed by atoms with E-state index in [1.165, 1.54) is 17.7 Å². The highest BCUT2D eigenvalue weighted by Gasteiger charge is 2.16. The maximum Gasteiger partial charge on any atom is 0.137 e. The Kier molecular flexibility index (Phi) is 2.81. The quantitative estimate of drug-likeness (QED) is 0.920. The summed E-state index contributed by atoms with van der Waals surface area (Å²) in [5.41, 5.74) is 3.52. The maximum absolute atomic E-state index is 4.33. The van der Waals surface area contributed by atoms with Crippen LogP contribution in [0.1, 0.15) is 17.7 Å². The average Bonchev–Trinajstić information content (AvgIpc) is 2.81. The van der Waals surface area contributed by atoms with Crippen molar-refractivity contribution in [1.29, 1.82) is 0 Å². The Hall–Kier alpha value is -1.42. The van der Waals surface area contributed by atoms with Crippen molar-refractivity contribution in [2.75, 3.05) is 5.32 Å². The molecule has 1 aliphatic rings. The Morgan fingerprint density at radius 2 is 1.88 bits per heavy atom. The van der Waals surface area contributed by atoms with Crippen LogP contribution in [-0.2, 0) is 12.8 Å². The first-order valence-corrected chi connectivity index (χ1v) is 6.47. The fourth-order valence-corrected chi connectivity index (χ4v) is 2.40. The van der Waals surface area contributed by atoms with Crippen LogP contribution in [0.25, 0.3) is 0 Å². The first-order chi connectivity index (χ1) is 8.33. The standard InChI is InChI=1S/C13H12BrN3/c14-9-4-6-10(7-5-9)17-13-11-2-1-3-12(11)15-8-16-13/h4-8H,1-3H2,(H,15,16,17). The van der Waals surface area contributed by atoms with Gasteiger partial charge < -0.3 is 5.32 Å². The van der Waals surface area contributed by atoms with Crippen molar-refractivity contribution in [1.82, 2.24) is 9.97 Å². The van der Waals surface area contributed by atoms with Gasteiger partial charge in [-0.2, -0.15) is 0 Å². The molecule has 0 unspecified atom stereocenters. The van der Waals surface area contributed by atoms with Gasteiger partial charge in [-0.15, -0.1) is 0 Å². The van der Waals surface area contributed by atoms with E-state index in [2.05, 4.69) is 31.2 Å². The summed E-state index contributed by atoms with van der Waals surface area (Å²) >= 11 is 3.43. The van der Waals surface area contributed by atoms with E-state index in [1.54, 1.807) is 6.33 Å². The van der Waals surface area contributed by atoms with Crippen LogP contribution in [0.15, 0.2) is 35.1 Å². The Morgan fingerprint density at radius 1 is 1.06 bits per heavy atom. The van der Waals surface area contributed by atoms with Crippen molar-refractivity contribution >= 4 is 27.4 Å². The number of aromatic nitrogens is 2. The first kappa shape index (κ1) is 10.7. The number of halogens is 1. The van der Waals surface area contributed by atoms with E-state index < -0.39 is 0 Å². The van der Waals surface area contributed by atoms with Crippen LogP contribution in [-0.4, -0.2) is 9.97 Å². The molecule has 3 nitrogen and oxygen atoms in total. The van der Waals surface area contributed by atoms with Crippen LogP contribution in [0.4, 0.5) is 11.5 Å². The lowest BCUT2D eigenvalue weighted by Gasteiger charge is -2.09. The van der Waals surface area contributed by atoms with E-state index in [-0.39, 0.29) is 0 Å². The highest BCUT2D eigenvalue weighted by molar-refractivity contribution is 9.10. The molecule has 3 rings (SSSR count). The van der Waals surface area contributed by atoms with Crippen LogP contribution < -0.4 is 5.32 Å². The number of fused-ring (bicyclic) bond motifs is 1. The number of anilines is 2. The predicted molar refractivity (Wildman–Crippen MR) is 71.5 cm³/mol. The highest BCUT2D eigenvalue weighted by Crippen LogP contribution is 2.27. The van der Waals surface area contributed by atoms with Crippen molar-refractivity contribution in [3.63, 3.8) is 0 Å². The SMILES string of the molecule is Brc1ccc(Nc2ncnc3c2CCC3)cc1. The van der Waals surface area contributed by atoms with Crippen molar-refractivity contribution < 1.29 is 0 Å². The maximum atomic E-state index is 4.33. The summed E-state index contributed by atoms with van der Waals surface area (Å²) in [5, 5.41) is 3.36. The minimum absolute atomic E-state index is 0.954. The van der Waals surface area contributed by atoms with Gasteiger partial charge in [-0.05, 0) is 43.5 Å². The molecule has 0 amide bonds. The van der Waals surface area contributed by atoms with Crippen LogP contribution >= 0.6 is 15.9 Å². The summed E-state index contributed by atoms with van der Waals surface area (Å²) in [5.74, 6) is 0.954. The van der Waals surface area contributed by atoms with Crippen molar-refractivity contribution in [2.45, 2.75) is 19.3 Å². The molecule has 17 heavy (non-hydrogen) atoms. The molecule has 0 aliphatic heterocycles. The van der Waals surface area contributed by atoms with Gasteiger partial charge in [0.05, 0.1) is 0 Å².